The molecule has 0 aromatic heterocycles. The summed E-state index contributed by atoms with van der Waals surface area (Å²) in [5.74, 6) is 0.415. The first-order chi connectivity index (χ1) is 10.4. The minimum atomic E-state index is -0.622. The SMILES string of the molecule is COc1ccc2c(c1)[C@@]1(C)CCC[C@]3(C)C(=O)OC(C2=O)[C@@H]31. The van der Waals surface area contributed by atoms with Gasteiger partial charge in [0.25, 0.3) is 0 Å². The van der Waals surface area contributed by atoms with E-state index in [0.717, 1.165) is 30.6 Å². The summed E-state index contributed by atoms with van der Waals surface area (Å²) >= 11 is 0. The number of fused-ring (bicyclic) bond motifs is 2. The first kappa shape index (κ1) is 13.8. The Kier molecular flexibility index (Phi) is 2.58. The predicted molar refractivity (Wildman–Crippen MR) is 80.0 cm³/mol. The summed E-state index contributed by atoms with van der Waals surface area (Å²) in [5.41, 5.74) is 0.932. The Morgan fingerprint density at radius 2 is 1.91 bits per heavy atom. The summed E-state index contributed by atoms with van der Waals surface area (Å²) < 4.78 is 10.9. The Bertz CT molecular complexity index is 694. The summed E-state index contributed by atoms with van der Waals surface area (Å²) in [4.78, 5) is 25.3. The van der Waals surface area contributed by atoms with E-state index in [1.165, 1.54) is 0 Å². The van der Waals surface area contributed by atoms with Crippen LogP contribution in [0.15, 0.2) is 18.2 Å². The van der Waals surface area contributed by atoms with Gasteiger partial charge in [0.1, 0.15) is 5.75 Å². The normalized spacial score (nSPS) is 39.0. The zero-order valence-corrected chi connectivity index (χ0v) is 13.1. The van der Waals surface area contributed by atoms with Crippen LogP contribution in [0.25, 0.3) is 0 Å². The number of ether oxygens (including phenoxy) is 2. The number of benzene rings is 1. The Hall–Kier alpha value is -1.84. The molecule has 0 N–H and O–H groups in total. The maximum absolute atomic E-state index is 12.8. The lowest BCUT2D eigenvalue weighted by Crippen LogP contribution is -2.54. The van der Waals surface area contributed by atoms with Crippen LogP contribution < -0.4 is 4.74 Å². The van der Waals surface area contributed by atoms with Crippen LogP contribution >= 0.6 is 0 Å². The molecular weight excluding hydrogens is 280 g/mol. The minimum Gasteiger partial charge on any atom is -0.497 e. The fourth-order valence-electron chi connectivity index (χ4n) is 5.05. The summed E-state index contributed by atoms with van der Waals surface area (Å²) in [5, 5.41) is 0. The van der Waals surface area contributed by atoms with Crippen molar-refractivity contribution in [2.75, 3.05) is 7.11 Å². The average molecular weight is 300 g/mol. The predicted octanol–water partition coefficient (Wildman–Crippen LogP) is 2.88. The lowest BCUT2D eigenvalue weighted by Gasteiger charge is -2.50. The third-order valence-corrected chi connectivity index (χ3v) is 6.13. The average Bonchev–Trinajstić information content (AvgIpc) is 2.78. The van der Waals surface area contributed by atoms with Gasteiger partial charge in [-0.15, -0.1) is 0 Å². The highest BCUT2D eigenvalue weighted by Crippen LogP contribution is 2.61. The number of methoxy groups -OCH3 is 1. The number of Topliss-reactive ketones (excluding diaryl/α,β-unsaturated/α-hetero) is 1. The molecule has 0 bridgehead atoms. The van der Waals surface area contributed by atoms with Gasteiger partial charge >= 0.3 is 5.97 Å². The van der Waals surface area contributed by atoms with E-state index in [0.29, 0.717) is 5.56 Å². The highest BCUT2D eigenvalue weighted by Gasteiger charge is 2.67. The lowest BCUT2D eigenvalue weighted by atomic mass is 9.50. The number of hydrogen-bond acceptors (Lipinski definition) is 4. The van der Waals surface area contributed by atoms with Gasteiger partial charge in [-0.3, -0.25) is 9.59 Å². The van der Waals surface area contributed by atoms with E-state index < -0.39 is 11.5 Å². The van der Waals surface area contributed by atoms with Crippen molar-refractivity contribution in [2.24, 2.45) is 11.3 Å². The van der Waals surface area contributed by atoms with Crippen LogP contribution in [0.1, 0.15) is 49.0 Å². The largest absolute Gasteiger partial charge is 0.497 e. The number of hydrogen-bond donors (Lipinski definition) is 0. The number of ketones is 1. The molecule has 1 unspecified atom stereocenters. The van der Waals surface area contributed by atoms with Crippen LogP contribution in [-0.2, 0) is 14.9 Å². The quantitative estimate of drug-likeness (QED) is 0.748. The zero-order valence-electron chi connectivity index (χ0n) is 13.1. The van der Waals surface area contributed by atoms with E-state index in [-0.39, 0.29) is 23.1 Å². The molecule has 1 saturated carbocycles. The number of carbonyl (C=O) groups is 2. The van der Waals surface area contributed by atoms with E-state index in [1.807, 2.05) is 19.1 Å². The van der Waals surface area contributed by atoms with Gasteiger partial charge in [0, 0.05) is 16.9 Å². The fourth-order valence-corrected chi connectivity index (χ4v) is 5.05. The van der Waals surface area contributed by atoms with E-state index in [1.54, 1.807) is 13.2 Å². The van der Waals surface area contributed by atoms with Gasteiger partial charge in [0.05, 0.1) is 12.5 Å². The van der Waals surface area contributed by atoms with Gasteiger partial charge in [0.15, 0.2) is 6.10 Å². The highest BCUT2D eigenvalue weighted by molar-refractivity contribution is 6.06. The molecule has 0 radical (unpaired) electrons. The van der Waals surface area contributed by atoms with Crippen LogP contribution in [0, 0.1) is 11.3 Å². The van der Waals surface area contributed by atoms with Crippen molar-refractivity contribution in [1.29, 1.82) is 0 Å². The molecule has 4 heteroatoms. The summed E-state index contributed by atoms with van der Waals surface area (Å²) in [6, 6.07) is 5.59. The molecule has 0 amide bonds. The zero-order chi connectivity index (χ0) is 15.7. The molecule has 1 saturated heterocycles. The van der Waals surface area contributed by atoms with Gasteiger partial charge in [0.2, 0.25) is 5.78 Å². The van der Waals surface area contributed by atoms with Crippen molar-refractivity contribution in [1.82, 2.24) is 0 Å². The monoisotopic (exact) mass is 300 g/mol. The Morgan fingerprint density at radius 3 is 2.64 bits per heavy atom. The fraction of sp³-hybridized carbons (Fsp3) is 0.556. The van der Waals surface area contributed by atoms with Crippen LogP contribution in [0.3, 0.4) is 0 Å². The molecule has 22 heavy (non-hydrogen) atoms. The van der Waals surface area contributed by atoms with Crippen molar-refractivity contribution >= 4 is 11.8 Å². The second kappa shape index (κ2) is 4.12. The number of esters is 1. The Labute approximate surface area is 129 Å². The van der Waals surface area contributed by atoms with Gasteiger partial charge in [-0.2, -0.15) is 0 Å². The van der Waals surface area contributed by atoms with Gasteiger partial charge in [-0.1, -0.05) is 13.3 Å². The summed E-state index contributed by atoms with van der Waals surface area (Å²) in [6.07, 6.45) is 2.11. The standard InChI is InChI=1S/C18H20O4/c1-17-7-4-8-18(2)15(17)14(22-16(18)20)13(19)11-6-5-10(21-3)9-12(11)17/h5-6,9,14-15H,4,7-8H2,1-3H3/t14?,15-,17-,18+/m1/s1. The molecular formula is C18H20O4. The van der Waals surface area contributed by atoms with Crippen LogP contribution in [0.4, 0.5) is 0 Å². The molecule has 2 aliphatic carbocycles. The summed E-state index contributed by atoms with van der Waals surface area (Å²) in [6.45, 7) is 4.14. The third kappa shape index (κ3) is 1.43. The second-order valence-electron chi connectivity index (χ2n) is 7.27. The smallest absolute Gasteiger partial charge is 0.313 e. The second-order valence-corrected chi connectivity index (χ2v) is 7.27. The Morgan fingerprint density at radius 1 is 1.18 bits per heavy atom. The molecule has 116 valence electrons. The molecule has 4 nitrogen and oxygen atoms in total. The van der Waals surface area contributed by atoms with E-state index in [4.69, 9.17) is 9.47 Å². The molecule has 2 fully saturated rings. The molecule has 4 rings (SSSR count). The van der Waals surface area contributed by atoms with Gasteiger partial charge in [-0.25, -0.2) is 0 Å². The van der Waals surface area contributed by atoms with E-state index in [2.05, 4.69) is 6.92 Å². The molecule has 1 heterocycles. The summed E-state index contributed by atoms with van der Waals surface area (Å²) in [7, 11) is 1.63. The molecule has 3 aliphatic rings. The van der Waals surface area contributed by atoms with Crippen molar-refractivity contribution in [3.05, 3.63) is 29.3 Å². The van der Waals surface area contributed by atoms with E-state index >= 15 is 0 Å². The molecule has 4 atom stereocenters. The molecule has 1 aromatic carbocycles. The number of rotatable bonds is 1. The lowest BCUT2D eigenvalue weighted by molar-refractivity contribution is -0.148. The maximum atomic E-state index is 12.8. The first-order valence-electron chi connectivity index (χ1n) is 7.85. The molecule has 1 aliphatic heterocycles. The maximum Gasteiger partial charge on any atom is 0.313 e. The van der Waals surface area contributed by atoms with Crippen LogP contribution in [0.2, 0.25) is 0 Å². The van der Waals surface area contributed by atoms with E-state index in [9.17, 15) is 9.59 Å². The van der Waals surface area contributed by atoms with Crippen molar-refractivity contribution in [3.8, 4) is 5.75 Å². The van der Waals surface area contributed by atoms with Gasteiger partial charge < -0.3 is 9.47 Å². The molecule has 1 aromatic rings. The highest BCUT2D eigenvalue weighted by atomic mass is 16.6. The van der Waals surface area contributed by atoms with Crippen molar-refractivity contribution < 1.29 is 19.1 Å². The Balaban J connectivity index is 1.98. The van der Waals surface area contributed by atoms with Crippen molar-refractivity contribution in [2.45, 2.75) is 44.6 Å². The van der Waals surface area contributed by atoms with Crippen LogP contribution in [0.5, 0.6) is 5.75 Å². The third-order valence-electron chi connectivity index (χ3n) is 6.13. The minimum absolute atomic E-state index is 0.0564. The van der Waals surface area contributed by atoms with Crippen molar-refractivity contribution in [3.63, 3.8) is 0 Å². The number of carbonyl (C=O) groups excluding carboxylic acids is 2. The first-order valence-corrected chi connectivity index (χ1v) is 7.85. The molecule has 0 spiro atoms. The van der Waals surface area contributed by atoms with Crippen LogP contribution in [-0.4, -0.2) is 25.0 Å². The van der Waals surface area contributed by atoms with Gasteiger partial charge in [-0.05, 0) is 43.5 Å². The topological polar surface area (TPSA) is 52.6 Å².